The highest BCUT2D eigenvalue weighted by Gasteiger charge is 2.18. The number of hydrogen-bond acceptors (Lipinski definition) is 3. The average Bonchev–Trinajstić information content (AvgIpc) is 2.97. The third-order valence-corrected chi connectivity index (χ3v) is 2.95. The first-order valence-electron chi connectivity index (χ1n) is 6.23. The zero-order valence-corrected chi connectivity index (χ0v) is 10.2. The van der Waals surface area contributed by atoms with E-state index < -0.39 is 0 Å². The van der Waals surface area contributed by atoms with Crippen LogP contribution in [0.5, 0.6) is 0 Å². The number of nitrogens with one attached hydrogen (secondary N) is 2. The first-order chi connectivity index (χ1) is 8.31. The molecule has 1 aliphatic rings. The van der Waals surface area contributed by atoms with Crippen LogP contribution in [0.4, 0.5) is 0 Å². The molecule has 0 spiro atoms. The normalized spacial score (nSPS) is 19.5. The lowest BCUT2D eigenvalue weighted by Crippen LogP contribution is -2.32. The fourth-order valence-corrected chi connectivity index (χ4v) is 2.05. The Morgan fingerprint density at radius 2 is 2.59 bits per heavy atom. The minimum absolute atomic E-state index is 0.106. The molecule has 94 valence electrons. The number of H-pyrrole nitrogens is 1. The summed E-state index contributed by atoms with van der Waals surface area (Å²) in [5, 5.41) is 2.88. The van der Waals surface area contributed by atoms with Gasteiger partial charge in [-0.2, -0.15) is 0 Å². The van der Waals surface area contributed by atoms with Gasteiger partial charge in [0.05, 0.1) is 12.4 Å². The molecule has 5 nitrogen and oxygen atoms in total. The third kappa shape index (κ3) is 3.06. The maximum atomic E-state index is 11.9. The predicted molar refractivity (Wildman–Crippen MR) is 63.9 cm³/mol. The van der Waals surface area contributed by atoms with E-state index >= 15 is 0 Å². The van der Waals surface area contributed by atoms with E-state index in [0.29, 0.717) is 12.2 Å². The van der Waals surface area contributed by atoms with Crippen LogP contribution in [0, 0.1) is 0 Å². The summed E-state index contributed by atoms with van der Waals surface area (Å²) in [6.07, 6.45) is 5.71. The monoisotopic (exact) mass is 237 g/mol. The van der Waals surface area contributed by atoms with E-state index in [1.165, 1.54) is 0 Å². The molecule has 0 radical (unpaired) electrons. The van der Waals surface area contributed by atoms with E-state index in [2.05, 4.69) is 22.2 Å². The van der Waals surface area contributed by atoms with Crippen LogP contribution in [0.2, 0.25) is 0 Å². The van der Waals surface area contributed by atoms with Crippen molar-refractivity contribution >= 4 is 5.91 Å². The molecule has 1 aromatic rings. The lowest BCUT2D eigenvalue weighted by atomic mass is 10.2. The van der Waals surface area contributed by atoms with Crippen LogP contribution >= 0.6 is 0 Å². The van der Waals surface area contributed by atoms with Crippen LogP contribution in [0.3, 0.4) is 0 Å². The Balaban J connectivity index is 1.87. The molecule has 0 aliphatic carbocycles. The van der Waals surface area contributed by atoms with Gasteiger partial charge in [0.2, 0.25) is 0 Å². The van der Waals surface area contributed by atoms with E-state index in [0.717, 1.165) is 38.0 Å². The van der Waals surface area contributed by atoms with Crippen molar-refractivity contribution in [3.05, 3.63) is 17.7 Å². The lowest BCUT2D eigenvalue weighted by molar-refractivity contribution is 0.0853. The summed E-state index contributed by atoms with van der Waals surface area (Å²) in [7, 11) is 0. The first-order valence-corrected chi connectivity index (χ1v) is 6.23. The van der Waals surface area contributed by atoms with Crippen molar-refractivity contribution < 1.29 is 9.53 Å². The van der Waals surface area contributed by atoms with Crippen LogP contribution in [-0.2, 0) is 11.2 Å². The van der Waals surface area contributed by atoms with E-state index in [4.69, 9.17) is 4.74 Å². The van der Waals surface area contributed by atoms with Gasteiger partial charge in [-0.25, -0.2) is 4.98 Å². The molecule has 0 unspecified atom stereocenters. The van der Waals surface area contributed by atoms with Crippen LogP contribution in [0.1, 0.15) is 42.4 Å². The highest BCUT2D eigenvalue weighted by molar-refractivity contribution is 5.93. The number of carbonyl (C=O) groups is 1. The van der Waals surface area contributed by atoms with Crippen molar-refractivity contribution in [1.82, 2.24) is 15.3 Å². The molecule has 0 aromatic carbocycles. The first kappa shape index (κ1) is 12.1. The summed E-state index contributed by atoms with van der Waals surface area (Å²) >= 11 is 0. The molecule has 2 heterocycles. The smallest absolute Gasteiger partial charge is 0.271 e. The Hall–Kier alpha value is -1.36. The van der Waals surface area contributed by atoms with Crippen LogP contribution in [0.25, 0.3) is 0 Å². The van der Waals surface area contributed by atoms with Crippen molar-refractivity contribution in [2.24, 2.45) is 0 Å². The van der Waals surface area contributed by atoms with E-state index in [1.54, 1.807) is 6.33 Å². The van der Waals surface area contributed by atoms with E-state index in [1.807, 2.05) is 0 Å². The van der Waals surface area contributed by atoms with E-state index in [9.17, 15) is 4.79 Å². The summed E-state index contributed by atoms with van der Waals surface area (Å²) in [4.78, 5) is 19.0. The number of aryl methyl sites for hydroxylation is 1. The van der Waals surface area contributed by atoms with E-state index in [-0.39, 0.29) is 12.0 Å². The summed E-state index contributed by atoms with van der Waals surface area (Å²) in [5.74, 6) is -0.106. The zero-order chi connectivity index (χ0) is 12.1. The zero-order valence-electron chi connectivity index (χ0n) is 10.2. The number of aromatic nitrogens is 2. The number of imidazole rings is 1. The SMILES string of the molecule is CCCc1[nH]cnc1C(=O)NC[C@H]1CCCO1. The van der Waals surface area contributed by atoms with Crippen molar-refractivity contribution in [3.63, 3.8) is 0 Å². The molecule has 2 rings (SSSR count). The van der Waals surface area contributed by atoms with Gasteiger partial charge in [0.25, 0.3) is 5.91 Å². The van der Waals surface area contributed by atoms with Gasteiger partial charge in [-0.15, -0.1) is 0 Å². The van der Waals surface area contributed by atoms with Crippen molar-refractivity contribution in [1.29, 1.82) is 0 Å². The number of ether oxygens (including phenoxy) is 1. The number of aromatic amines is 1. The molecule has 1 amide bonds. The highest BCUT2D eigenvalue weighted by atomic mass is 16.5. The largest absolute Gasteiger partial charge is 0.376 e. The number of amides is 1. The fourth-order valence-electron chi connectivity index (χ4n) is 2.05. The highest BCUT2D eigenvalue weighted by Crippen LogP contribution is 2.11. The predicted octanol–water partition coefficient (Wildman–Crippen LogP) is 1.27. The Labute approximate surface area is 101 Å². The molecular formula is C12H19N3O2. The molecule has 1 aliphatic heterocycles. The second-order valence-electron chi connectivity index (χ2n) is 4.32. The second-order valence-corrected chi connectivity index (χ2v) is 4.32. The maximum absolute atomic E-state index is 11.9. The van der Waals surface area contributed by atoms with Crippen LogP contribution < -0.4 is 5.32 Å². The van der Waals surface area contributed by atoms with Crippen molar-refractivity contribution in [2.45, 2.75) is 38.7 Å². The van der Waals surface area contributed by atoms with Gasteiger partial charge >= 0.3 is 0 Å². The van der Waals surface area contributed by atoms with Gasteiger partial charge in [0.1, 0.15) is 5.69 Å². The fraction of sp³-hybridized carbons (Fsp3) is 0.667. The van der Waals surface area contributed by atoms with Gasteiger partial charge in [-0.05, 0) is 19.3 Å². The number of hydrogen-bond donors (Lipinski definition) is 2. The molecule has 1 aromatic heterocycles. The molecular weight excluding hydrogens is 218 g/mol. The molecule has 0 saturated carbocycles. The molecule has 2 N–H and O–H groups in total. The summed E-state index contributed by atoms with van der Waals surface area (Å²) in [6.45, 7) is 3.47. The van der Waals surface area contributed by atoms with Gasteiger partial charge in [-0.1, -0.05) is 13.3 Å². The van der Waals surface area contributed by atoms with Gasteiger partial charge in [0, 0.05) is 18.8 Å². The van der Waals surface area contributed by atoms with Crippen molar-refractivity contribution in [2.75, 3.05) is 13.2 Å². The molecule has 5 heteroatoms. The second kappa shape index (κ2) is 5.82. The molecule has 1 saturated heterocycles. The minimum atomic E-state index is -0.106. The molecule has 1 fully saturated rings. The lowest BCUT2D eigenvalue weighted by Gasteiger charge is -2.10. The van der Waals surface area contributed by atoms with Crippen LogP contribution in [-0.4, -0.2) is 35.1 Å². The number of carbonyl (C=O) groups excluding carboxylic acids is 1. The Bertz CT molecular complexity index is 370. The third-order valence-electron chi connectivity index (χ3n) is 2.95. The number of rotatable bonds is 5. The van der Waals surface area contributed by atoms with Gasteiger partial charge < -0.3 is 15.0 Å². The van der Waals surface area contributed by atoms with Crippen LogP contribution in [0.15, 0.2) is 6.33 Å². The minimum Gasteiger partial charge on any atom is -0.376 e. The summed E-state index contributed by atoms with van der Waals surface area (Å²) in [6, 6.07) is 0. The Morgan fingerprint density at radius 1 is 1.71 bits per heavy atom. The Morgan fingerprint density at radius 3 is 3.29 bits per heavy atom. The summed E-state index contributed by atoms with van der Waals surface area (Å²) < 4.78 is 5.46. The van der Waals surface area contributed by atoms with Gasteiger partial charge in [0.15, 0.2) is 0 Å². The molecule has 17 heavy (non-hydrogen) atoms. The topological polar surface area (TPSA) is 67.0 Å². The Kier molecular flexibility index (Phi) is 4.14. The summed E-state index contributed by atoms with van der Waals surface area (Å²) in [5.41, 5.74) is 1.43. The van der Waals surface area contributed by atoms with Gasteiger partial charge in [-0.3, -0.25) is 4.79 Å². The average molecular weight is 237 g/mol. The number of nitrogens with zero attached hydrogens (tertiary/aromatic N) is 1. The van der Waals surface area contributed by atoms with Crippen molar-refractivity contribution in [3.8, 4) is 0 Å². The molecule has 0 bridgehead atoms. The maximum Gasteiger partial charge on any atom is 0.271 e. The molecule has 1 atom stereocenters. The quantitative estimate of drug-likeness (QED) is 0.810. The standard InChI is InChI=1S/C12H19N3O2/c1-2-4-10-11(15-8-14-10)12(16)13-7-9-5-3-6-17-9/h8-9H,2-7H2,1H3,(H,13,16)(H,14,15)/t9-/m1/s1.